The summed E-state index contributed by atoms with van der Waals surface area (Å²) in [6.07, 6.45) is 0. The van der Waals surface area contributed by atoms with Gasteiger partial charge in [-0.25, -0.2) is 29.9 Å². The molecule has 0 saturated heterocycles. The number of pyridine rings is 2. The summed E-state index contributed by atoms with van der Waals surface area (Å²) >= 11 is 24.5. The fourth-order valence-electron chi connectivity index (χ4n) is 6.77. The average Bonchev–Trinajstić information content (AvgIpc) is 3.23. The summed E-state index contributed by atoms with van der Waals surface area (Å²) in [6, 6.07) is 27.7. The van der Waals surface area contributed by atoms with Crippen molar-refractivity contribution >= 4 is 142 Å². The summed E-state index contributed by atoms with van der Waals surface area (Å²) < 4.78 is 0. The van der Waals surface area contributed by atoms with E-state index in [0.29, 0.717) is 20.1 Å². The third kappa shape index (κ3) is 18.6. The second kappa shape index (κ2) is 28.4. The number of hydrogen-bond acceptors (Lipinski definition) is 6. The Bertz CT molecular complexity index is 2370. The molecule has 4 aromatic carbocycles. The van der Waals surface area contributed by atoms with Gasteiger partial charge in [0.05, 0.1) is 88.5 Å². The summed E-state index contributed by atoms with van der Waals surface area (Å²) in [5, 5.41) is 2.57. The number of hydrogen-bond donors (Lipinski definition) is 0. The second-order valence-corrected chi connectivity index (χ2v) is 24.4. The Balaban J connectivity index is 0.000000312. The van der Waals surface area contributed by atoms with Crippen LogP contribution in [0.5, 0.6) is 0 Å². The summed E-state index contributed by atoms with van der Waals surface area (Å²) in [5.74, 6) is 0. The quantitative estimate of drug-likeness (QED) is 0.112. The molecular formula is C50H50Cl9Fe2N6. The maximum atomic E-state index is 6.42. The first kappa shape index (κ1) is 58.8. The molecule has 6 nitrogen and oxygen atoms in total. The first-order chi connectivity index (χ1) is 31.4. The third-order valence-electron chi connectivity index (χ3n) is 9.69. The molecule has 0 atom stereocenters. The molecule has 0 bridgehead atoms. The Hall–Kier alpha value is -2.49. The molecule has 2 heterocycles. The van der Waals surface area contributed by atoms with E-state index in [1.165, 1.54) is 0 Å². The van der Waals surface area contributed by atoms with E-state index in [9.17, 15) is 0 Å². The molecule has 0 spiro atoms. The SMILES string of the molecule is CC(=Nc1c(C)cc(C)cc1Cl)c1cccc(C(C)=Nc2c(C)cc(C)cc2Cl)n1.CC(=Nc1c(C)cc(C)cc1Cl)c1cccc(C(C)=Nc2c(C)cc(C)cc2Cl)n1.[Cl][Fe]([Cl])[Cl].[Cl][Fe][Cl]. The van der Waals surface area contributed by atoms with E-state index >= 15 is 0 Å². The molecule has 0 aliphatic heterocycles. The van der Waals surface area contributed by atoms with E-state index in [-0.39, 0.29) is 13.1 Å². The van der Waals surface area contributed by atoms with E-state index in [2.05, 4.69) is 24.3 Å². The van der Waals surface area contributed by atoms with Gasteiger partial charge in [-0.05, 0) is 176 Å². The third-order valence-corrected chi connectivity index (χ3v) is 10.8. The van der Waals surface area contributed by atoms with Crippen molar-refractivity contribution in [2.45, 2.75) is 83.1 Å². The van der Waals surface area contributed by atoms with Crippen LogP contribution in [0.4, 0.5) is 22.7 Å². The second-order valence-electron chi connectivity index (χ2n) is 15.5. The number of halogens is 9. The van der Waals surface area contributed by atoms with Gasteiger partial charge in [0.25, 0.3) is 0 Å². The van der Waals surface area contributed by atoms with Crippen LogP contribution in [0.1, 0.15) is 95.0 Å². The van der Waals surface area contributed by atoms with E-state index < -0.39 is 11.2 Å². The van der Waals surface area contributed by atoms with Gasteiger partial charge in [0.15, 0.2) is 0 Å². The summed E-state index contributed by atoms with van der Waals surface area (Å²) in [6.45, 7) is 23.9. The van der Waals surface area contributed by atoms with Crippen molar-refractivity contribution in [2.75, 3.05) is 0 Å². The number of aromatic nitrogens is 2. The molecule has 6 rings (SSSR count). The molecule has 0 radical (unpaired) electrons. The fourth-order valence-corrected chi connectivity index (χ4v) is 8.23. The monoisotopic (exact) mass is 1160 g/mol. The molecule has 0 saturated carbocycles. The normalized spacial score (nSPS) is 12.1. The standard InChI is InChI=1S/2C25H25Cl2N3.5ClH.2Fe/c2*1-14-10-16(3)24(20(26)12-14)28-18(5)22-8-7-9-23(30-22)19(6)29-25-17(4)11-15(2)13-21(25)27;;;;;;;/h2*7-13H,1-6H3;5*1H;;/q;;;;;;;+2;+3/p-5. The molecule has 0 aliphatic rings. The van der Waals surface area contributed by atoms with E-state index in [0.717, 1.165) is 113 Å². The summed E-state index contributed by atoms with van der Waals surface area (Å²) in [7, 11) is 24.2. The van der Waals surface area contributed by atoms with Crippen molar-refractivity contribution in [3.05, 3.63) is 172 Å². The molecule has 0 fully saturated rings. The Morgan fingerprint density at radius 2 is 0.582 bits per heavy atom. The molecule has 0 unspecified atom stereocenters. The Morgan fingerprint density at radius 1 is 0.403 bits per heavy atom. The van der Waals surface area contributed by atoms with Crippen LogP contribution in [0.3, 0.4) is 0 Å². The van der Waals surface area contributed by atoms with Gasteiger partial charge in [-0.3, -0.25) is 0 Å². The zero-order valence-corrected chi connectivity index (χ0v) is 47.9. The first-order valence-corrected chi connectivity index (χ1v) is 29.3. The van der Waals surface area contributed by atoms with Gasteiger partial charge >= 0.3 is 74.8 Å². The van der Waals surface area contributed by atoms with Crippen LogP contribution in [0, 0.1) is 55.4 Å². The van der Waals surface area contributed by atoms with Gasteiger partial charge in [0.2, 0.25) is 0 Å². The van der Waals surface area contributed by atoms with E-state index in [4.69, 9.17) is 127 Å². The number of nitrogens with zero attached hydrogens (tertiary/aromatic N) is 6. The number of rotatable bonds is 8. The minimum atomic E-state index is -1.33. The topological polar surface area (TPSA) is 75.2 Å². The fraction of sp³-hybridized carbons (Fsp3) is 0.240. The van der Waals surface area contributed by atoms with Crippen molar-refractivity contribution in [1.82, 2.24) is 9.97 Å². The Labute approximate surface area is 447 Å². The predicted molar refractivity (Wildman–Crippen MR) is 289 cm³/mol. The molecule has 0 aliphatic carbocycles. The molecule has 0 amide bonds. The molecule has 67 heavy (non-hydrogen) atoms. The van der Waals surface area contributed by atoms with Crippen LogP contribution in [-0.2, 0) is 24.3 Å². The number of benzene rings is 4. The maximum absolute atomic E-state index is 6.42. The number of aliphatic imine (C=N–C) groups is 4. The van der Waals surface area contributed by atoms with Gasteiger partial charge in [-0.1, -0.05) is 82.8 Å². The zero-order chi connectivity index (χ0) is 50.3. The summed E-state index contributed by atoms with van der Waals surface area (Å²) in [5.41, 5.74) is 18.0. The molecule has 359 valence electrons. The minimum absolute atomic E-state index is 0.194. The molecule has 17 heteroatoms. The molecular weight excluding hydrogens is 1120 g/mol. The van der Waals surface area contributed by atoms with Gasteiger partial charge in [-0.2, -0.15) is 0 Å². The predicted octanol–water partition coefficient (Wildman–Crippen LogP) is 19.2. The van der Waals surface area contributed by atoms with Gasteiger partial charge in [0, 0.05) is 0 Å². The first-order valence-electron chi connectivity index (χ1n) is 20.2. The number of aryl methyl sites for hydroxylation is 8. The van der Waals surface area contributed by atoms with Gasteiger partial charge < -0.3 is 0 Å². The van der Waals surface area contributed by atoms with Gasteiger partial charge in [-0.15, -0.1) is 0 Å². The van der Waals surface area contributed by atoms with Crippen LogP contribution in [0.2, 0.25) is 20.1 Å². The van der Waals surface area contributed by atoms with Crippen molar-refractivity contribution in [3.8, 4) is 0 Å². The average molecular weight is 1170 g/mol. The van der Waals surface area contributed by atoms with E-state index in [1.807, 2.05) is 144 Å². The molecule has 2 aromatic heterocycles. The molecule has 6 aromatic rings. The van der Waals surface area contributed by atoms with E-state index in [1.54, 1.807) is 0 Å². The van der Waals surface area contributed by atoms with Crippen LogP contribution < -0.4 is 0 Å². The summed E-state index contributed by atoms with van der Waals surface area (Å²) in [4.78, 5) is 28.6. The Morgan fingerprint density at radius 3 is 0.746 bits per heavy atom. The van der Waals surface area contributed by atoms with Gasteiger partial charge in [0.1, 0.15) is 0 Å². The van der Waals surface area contributed by atoms with Crippen LogP contribution >= 0.6 is 96.9 Å². The van der Waals surface area contributed by atoms with Crippen molar-refractivity contribution in [3.63, 3.8) is 0 Å². The van der Waals surface area contributed by atoms with Crippen molar-refractivity contribution in [2.24, 2.45) is 20.0 Å². The molecule has 0 N–H and O–H groups in total. The zero-order valence-electron chi connectivity index (χ0n) is 38.9. The van der Waals surface area contributed by atoms with Crippen LogP contribution in [0.25, 0.3) is 0 Å². The van der Waals surface area contributed by atoms with Crippen molar-refractivity contribution in [1.29, 1.82) is 0 Å². The van der Waals surface area contributed by atoms with Crippen LogP contribution in [-0.4, -0.2) is 32.8 Å². The van der Waals surface area contributed by atoms with Crippen molar-refractivity contribution < 1.29 is 24.3 Å². The Kier molecular flexibility index (Phi) is 24.9. The van der Waals surface area contributed by atoms with Crippen LogP contribution in [0.15, 0.2) is 105 Å².